The lowest BCUT2D eigenvalue weighted by Crippen LogP contribution is -2.39. The van der Waals surface area contributed by atoms with Crippen molar-refractivity contribution in [1.29, 1.82) is 0 Å². The molecule has 4 heteroatoms. The van der Waals surface area contributed by atoms with Crippen LogP contribution in [0.2, 0.25) is 5.02 Å². The van der Waals surface area contributed by atoms with Gasteiger partial charge in [0, 0.05) is 11.6 Å². The van der Waals surface area contributed by atoms with Crippen molar-refractivity contribution in [3.8, 4) is 0 Å². The van der Waals surface area contributed by atoms with Crippen LogP contribution in [0.3, 0.4) is 0 Å². The van der Waals surface area contributed by atoms with E-state index in [1.807, 2.05) is 45.0 Å². The molecule has 0 saturated carbocycles. The first-order valence-corrected chi connectivity index (χ1v) is 6.59. The summed E-state index contributed by atoms with van der Waals surface area (Å²) in [6, 6.07) is 7.44. The fourth-order valence-corrected chi connectivity index (χ4v) is 1.96. The number of carbonyl (C=O) groups excluding carboxylic acids is 1. The lowest BCUT2D eigenvalue weighted by molar-refractivity contribution is -0.126. The number of nitrogens with two attached hydrogens (primary N) is 1. The molecule has 1 aromatic rings. The zero-order valence-corrected chi connectivity index (χ0v) is 11.9. The molecular formula is C14H21ClN2O. The van der Waals surface area contributed by atoms with Crippen LogP contribution in [-0.4, -0.2) is 12.5 Å². The predicted octanol–water partition coefficient (Wildman–Crippen LogP) is 2.75. The summed E-state index contributed by atoms with van der Waals surface area (Å²) in [4.78, 5) is 12.0. The molecule has 2 atom stereocenters. The number of carbonyl (C=O) groups is 1. The van der Waals surface area contributed by atoms with E-state index in [2.05, 4.69) is 5.32 Å². The van der Waals surface area contributed by atoms with Crippen LogP contribution in [0, 0.1) is 11.8 Å². The van der Waals surface area contributed by atoms with Crippen molar-refractivity contribution in [2.75, 3.05) is 6.54 Å². The lowest BCUT2D eigenvalue weighted by atomic mass is 9.94. The molecule has 0 fully saturated rings. The van der Waals surface area contributed by atoms with Gasteiger partial charge in [0.1, 0.15) is 0 Å². The van der Waals surface area contributed by atoms with Gasteiger partial charge in [-0.25, -0.2) is 0 Å². The number of nitrogens with one attached hydrogen (secondary N) is 1. The van der Waals surface area contributed by atoms with Crippen molar-refractivity contribution in [2.45, 2.75) is 26.8 Å². The average molecular weight is 269 g/mol. The third kappa shape index (κ3) is 4.00. The quantitative estimate of drug-likeness (QED) is 0.863. The largest absolute Gasteiger partial charge is 0.349 e. The third-order valence-corrected chi connectivity index (χ3v) is 3.38. The van der Waals surface area contributed by atoms with Crippen molar-refractivity contribution >= 4 is 17.5 Å². The Hall–Kier alpha value is -1.06. The zero-order valence-electron chi connectivity index (χ0n) is 11.1. The molecule has 0 aliphatic heterocycles. The van der Waals surface area contributed by atoms with Crippen molar-refractivity contribution in [2.24, 2.45) is 17.6 Å². The van der Waals surface area contributed by atoms with Gasteiger partial charge in [-0.3, -0.25) is 4.79 Å². The van der Waals surface area contributed by atoms with Gasteiger partial charge in [-0.2, -0.15) is 0 Å². The molecule has 100 valence electrons. The highest BCUT2D eigenvalue weighted by Gasteiger charge is 2.22. The Bertz CT molecular complexity index is 389. The average Bonchev–Trinajstić information content (AvgIpc) is 2.29. The molecule has 0 spiro atoms. The molecule has 0 aliphatic carbocycles. The van der Waals surface area contributed by atoms with Gasteiger partial charge in [0.05, 0.1) is 12.0 Å². The second-order valence-electron chi connectivity index (χ2n) is 4.87. The summed E-state index contributed by atoms with van der Waals surface area (Å²) < 4.78 is 0. The summed E-state index contributed by atoms with van der Waals surface area (Å²) in [5, 5.41) is 3.68. The minimum atomic E-state index is -0.139. The van der Waals surface area contributed by atoms with Crippen LogP contribution < -0.4 is 11.1 Å². The Morgan fingerprint density at radius 1 is 1.28 bits per heavy atom. The van der Waals surface area contributed by atoms with E-state index in [4.69, 9.17) is 17.3 Å². The van der Waals surface area contributed by atoms with E-state index in [1.165, 1.54) is 0 Å². The normalized spacial score (nSPS) is 14.3. The summed E-state index contributed by atoms with van der Waals surface area (Å²) in [6.45, 7) is 6.33. The summed E-state index contributed by atoms with van der Waals surface area (Å²) >= 11 is 5.83. The molecule has 0 aromatic heterocycles. The highest BCUT2D eigenvalue weighted by atomic mass is 35.5. The number of hydrogen-bond acceptors (Lipinski definition) is 2. The fourth-order valence-electron chi connectivity index (χ4n) is 1.84. The van der Waals surface area contributed by atoms with E-state index in [0.29, 0.717) is 11.6 Å². The highest BCUT2D eigenvalue weighted by Crippen LogP contribution is 2.17. The fraction of sp³-hybridized carbons (Fsp3) is 0.500. The molecule has 1 amide bonds. The molecule has 0 aliphatic rings. The topological polar surface area (TPSA) is 55.1 Å². The predicted molar refractivity (Wildman–Crippen MR) is 75.4 cm³/mol. The standard InChI is InChI=1S/C14H21ClN2O/c1-9(2)13(8-16)14(18)17-10(3)11-4-6-12(15)7-5-11/h4-7,9-10,13H,8,16H2,1-3H3,(H,17,18). The summed E-state index contributed by atoms with van der Waals surface area (Å²) in [5.41, 5.74) is 6.67. The molecule has 0 heterocycles. The van der Waals surface area contributed by atoms with Gasteiger partial charge in [0.25, 0.3) is 0 Å². The molecular weight excluding hydrogens is 248 g/mol. The van der Waals surface area contributed by atoms with Gasteiger partial charge in [-0.05, 0) is 30.5 Å². The van der Waals surface area contributed by atoms with Crippen LogP contribution in [0.4, 0.5) is 0 Å². The molecule has 2 unspecified atom stereocenters. The Balaban J connectivity index is 2.66. The van der Waals surface area contributed by atoms with E-state index in [-0.39, 0.29) is 23.8 Å². The number of benzene rings is 1. The van der Waals surface area contributed by atoms with Gasteiger partial charge in [-0.1, -0.05) is 37.6 Å². The number of rotatable bonds is 5. The Kier molecular flexibility index (Phi) is 5.63. The van der Waals surface area contributed by atoms with Crippen LogP contribution in [0.25, 0.3) is 0 Å². The first-order valence-electron chi connectivity index (χ1n) is 6.21. The van der Waals surface area contributed by atoms with Crippen molar-refractivity contribution in [3.63, 3.8) is 0 Å². The van der Waals surface area contributed by atoms with Crippen molar-refractivity contribution in [3.05, 3.63) is 34.9 Å². The highest BCUT2D eigenvalue weighted by molar-refractivity contribution is 6.30. The number of hydrogen-bond donors (Lipinski definition) is 2. The number of halogens is 1. The molecule has 1 aromatic carbocycles. The summed E-state index contributed by atoms with van der Waals surface area (Å²) in [5.74, 6) is 0.113. The minimum absolute atomic E-state index is 0.00921. The van der Waals surface area contributed by atoms with Gasteiger partial charge >= 0.3 is 0 Å². The van der Waals surface area contributed by atoms with Crippen LogP contribution in [0.5, 0.6) is 0 Å². The molecule has 0 bridgehead atoms. The Morgan fingerprint density at radius 3 is 2.28 bits per heavy atom. The van der Waals surface area contributed by atoms with E-state index in [0.717, 1.165) is 5.56 Å². The zero-order chi connectivity index (χ0) is 13.7. The second-order valence-corrected chi connectivity index (χ2v) is 5.30. The van der Waals surface area contributed by atoms with E-state index >= 15 is 0 Å². The maximum atomic E-state index is 12.0. The van der Waals surface area contributed by atoms with Crippen LogP contribution >= 0.6 is 11.6 Å². The first kappa shape index (κ1) is 15.0. The van der Waals surface area contributed by atoms with Gasteiger partial charge in [0.15, 0.2) is 0 Å². The lowest BCUT2D eigenvalue weighted by Gasteiger charge is -2.22. The number of amides is 1. The molecule has 0 saturated heterocycles. The van der Waals surface area contributed by atoms with Crippen LogP contribution in [0.15, 0.2) is 24.3 Å². The maximum absolute atomic E-state index is 12.0. The molecule has 1 rings (SSSR count). The first-order chi connectivity index (χ1) is 8.45. The summed E-state index contributed by atoms with van der Waals surface area (Å²) in [7, 11) is 0. The van der Waals surface area contributed by atoms with E-state index < -0.39 is 0 Å². The van der Waals surface area contributed by atoms with Gasteiger partial charge in [-0.15, -0.1) is 0 Å². The molecule has 18 heavy (non-hydrogen) atoms. The molecule has 0 radical (unpaired) electrons. The second kappa shape index (κ2) is 6.76. The third-order valence-electron chi connectivity index (χ3n) is 3.12. The Labute approximate surface area is 114 Å². The SMILES string of the molecule is CC(NC(=O)C(CN)C(C)C)c1ccc(Cl)cc1. The monoisotopic (exact) mass is 268 g/mol. The van der Waals surface area contributed by atoms with Crippen LogP contribution in [0.1, 0.15) is 32.4 Å². The summed E-state index contributed by atoms with van der Waals surface area (Å²) in [6.07, 6.45) is 0. The molecule has 3 N–H and O–H groups in total. The van der Waals surface area contributed by atoms with Crippen molar-refractivity contribution < 1.29 is 4.79 Å². The minimum Gasteiger partial charge on any atom is -0.349 e. The maximum Gasteiger partial charge on any atom is 0.225 e. The van der Waals surface area contributed by atoms with Crippen LogP contribution in [-0.2, 0) is 4.79 Å². The van der Waals surface area contributed by atoms with Gasteiger partial charge in [0.2, 0.25) is 5.91 Å². The smallest absolute Gasteiger partial charge is 0.225 e. The van der Waals surface area contributed by atoms with Crippen molar-refractivity contribution in [1.82, 2.24) is 5.32 Å². The Morgan fingerprint density at radius 2 is 1.83 bits per heavy atom. The van der Waals surface area contributed by atoms with E-state index in [9.17, 15) is 4.79 Å². The van der Waals surface area contributed by atoms with Gasteiger partial charge < -0.3 is 11.1 Å². The van der Waals surface area contributed by atoms with E-state index in [1.54, 1.807) is 0 Å². The molecule has 3 nitrogen and oxygen atoms in total.